The molecule has 0 fully saturated rings. The molecule has 10 heteroatoms. The third-order valence-electron chi connectivity index (χ3n) is 4.76. The number of benzene rings is 1. The molecule has 0 saturated heterocycles. The second-order valence-corrected chi connectivity index (χ2v) is 8.32. The van der Waals surface area contributed by atoms with Gasteiger partial charge in [0.15, 0.2) is 5.75 Å². The fourth-order valence-electron chi connectivity index (χ4n) is 3.47. The van der Waals surface area contributed by atoms with E-state index in [1.54, 1.807) is 21.2 Å². The molecule has 1 atom stereocenters. The summed E-state index contributed by atoms with van der Waals surface area (Å²) in [4.78, 5) is 22.7. The molecule has 0 spiro atoms. The van der Waals surface area contributed by atoms with Crippen molar-refractivity contribution in [3.05, 3.63) is 51.7 Å². The Labute approximate surface area is 173 Å². The minimum absolute atomic E-state index is 0.105. The van der Waals surface area contributed by atoms with Gasteiger partial charge in [0.1, 0.15) is 11.0 Å². The van der Waals surface area contributed by atoms with Gasteiger partial charge in [-0.15, -0.1) is 0 Å². The smallest absolute Gasteiger partial charge is 0.291 e. The van der Waals surface area contributed by atoms with Gasteiger partial charge in [0.25, 0.3) is 5.91 Å². The third-order valence-corrected chi connectivity index (χ3v) is 6.47. The van der Waals surface area contributed by atoms with E-state index in [4.69, 9.17) is 27.9 Å². The van der Waals surface area contributed by atoms with Crippen molar-refractivity contribution in [2.75, 3.05) is 19.9 Å². The van der Waals surface area contributed by atoms with Crippen molar-refractivity contribution in [3.8, 4) is 5.75 Å². The van der Waals surface area contributed by atoms with E-state index in [0.717, 1.165) is 16.6 Å². The molecule has 3 heterocycles. The molecule has 2 aromatic heterocycles. The van der Waals surface area contributed by atoms with Crippen LogP contribution in [0.25, 0.3) is 10.9 Å². The average molecular weight is 439 g/mol. The van der Waals surface area contributed by atoms with Crippen LogP contribution >= 0.6 is 23.2 Å². The van der Waals surface area contributed by atoms with Gasteiger partial charge in [0.05, 0.1) is 35.1 Å². The van der Waals surface area contributed by atoms with Gasteiger partial charge in [-0.2, -0.15) is 0 Å². The number of nitrogens with zero attached hydrogens (tertiary/aromatic N) is 4. The zero-order valence-electron chi connectivity index (χ0n) is 15.1. The SMILES string of the molecule is COc1cnc(C(=O)N2CCc3c(c4ccc(Cl)c(Cl)c4n3S(C)=O)C2)nc1. The standard InChI is InChI=1S/C18H16Cl2N4O3S/c1-27-10-7-21-17(22-8-10)18(25)23-6-5-14-12(9-23)11-3-4-13(19)15(20)16(11)24(14)28(2)26/h3-4,7-8H,5-6,9H2,1-2H3. The van der Waals surface area contributed by atoms with Crippen LogP contribution < -0.4 is 4.74 Å². The number of hydrogen-bond donors (Lipinski definition) is 0. The largest absolute Gasteiger partial charge is 0.494 e. The number of carbonyl (C=O) groups excluding carboxylic acids is 1. The molecule has 1 aliphatic rings. The van der Waals surface area contributed by atoms with Gasteiger partial charge in [-0.1, -0.05) is 29.3 Å². The normalized spacial score (nSPS) is 14.8. The van der Waals surface area contributed by atoms with Gasteiger partial charge in [0, 0.05) is 42.4 Å². The number of methoxy groups -OCH3 is 1. The molecule has 28 heavy (non-hydrogen) atoms. The zero-order valence-corrected chi connectivity index (χ0v) is 17.4. The molecule has 1 amide bonds. The summed E-state index contributed by atoms with van der Waals surface area (Å²) in [5, 5.41) is 1.60. The van der Waals surface area contributed by atoms with Crippen LogP contribution in [-0.2, 0) is 24.0 Å². The summed E-state index contributed by atoms with van der Waals surface area (Å²) >= 11 is 12.6. The Morgan fingerprint density at radius 1 is 1.25 bits per heavy atom. The Balaban J connectivity index is 1.76. The Hall–Kier alpha value is -2.16. The van der Waals surface area contributed by atoms with Gasteiger partial charge in [0.2, 0.25) is 5.82 Å². The van der Waals surface area contributed by atoms with Gasteiger partial charge in [-0.25, -0.2) is 14.2 Å². The number of fused-ring (bicyclic) bond motifs is 3. The van der Waals surface area contributed by atoms with Crippen molar-refractivity contribution >= 4 is 51.0 Å². The monoisotopic (exact) mass is 438 g/mol. The summed E-state index contributed by atoms with van der Waals surface area (Å²) in [6.07, 6.45) is 5.06. The molecule has 0 N–H and O–H groups in total. The van der Waals surface area contributed by atoms with E-state index in [2.05, 4.69) is 9.97 Å². The van der Waals surface area contributed by atoms with Crippen molar-refractivity contribution in [2.45, 2.75) is 13.0 Å². The van der Waals surface area contributed by atoms with Gasteiger partial charge >= 0.3 is 0 Å². The molecule has 0 bridgehead atoms. The Morgan fingerprint density at radius 3 is 2.61 bits per heavy atom. The maximum absolute atomic E-state index is 12.9. The Kier molecular flexibility index (Phi) is 5.03. The van der Waals surface area contributed by atoms with Crippen LogP contribution in [-0.4, -0.2) is 48.9 Å². The first-order valence-corrected chi connectivity index (χ1v) is 10.7. The summed E-state index contributed by atoms with van der Waals surface area (Å²) in [6.45, 7) is 0.808. The molecule has 0 saturated carbocycles. The van der Waals surface area contributed by atoms with Crippen LogP contribution in [0.1, 0.15) is 21.9 Å². The number of ether oxygens (including phenoxy) is 1. The molecule has 3 aromatic rings. The van der Waals surface area contributed by atoms with Crippen molar-refractivity contribution in [3.63, 3.8) is 0 Å². The Bertz CT molecular complexity index is 1110. The quantitative estimate of drug-likeness (QED) is 0.627. The van der Waals surface area contributed by atoms with Crippen molar-refractivity contribution in [2.24, 2.45) is 0 Å². The predicted octanol–water partition coefficient (Wildman–Crippen LogP) is 3.09. The number of amides is 1. The number of hydrogen-bond acceptors (Lipinski definition) is 5. The lowest BCUT2D eigenvalue weighted by molar-refractivity contribution is 0.0722. The number of halogens is 2. The summed E-state index contributed by atoms with van der Waals surface area (Å²) in [5.41, 5.74) is 2.45. The van der Waals surface area contributed by atoms with E-state index in [0.29, 0.717) is 40.8 Å². The van der Waals surface area contributed by atoms with Crippen LogP contribution in [0, 0.1) is 0 Å². The molecular formula is C18H16Cl2N4O3S. The van der Waals surface area contributed by atoms with Gasteiger partial charge in [-0.05, 0) is 6.07 Å². The highest BCUT2D eigenvalue weighted by atomic mass is 35.5. The molecule has 0 radical (unpaired) electrons. The third kappa shape index (κ3) is 3.05. The zero-order chi connectivity index (χ0) is 20.0. The summed E-state index contributed by atoms with van der Waals surface area (Å²) in [5.74, 6) is 0.317. The van der Waals surface area contributed by atoms with Crippen LogP contribution in [0.2, 0.25) is 10.0 Å². The number of rotatable bonds is 3. The fraction of sp³-hybridized carbons (Fsp3) is 0.278. The minimum Gasteiger partial charge on any atom is -0.494 e. The predicted molar refractivity (Wildman–Crippen MR) is 108 cm³/mol. The second-order valence-electron chi connectivity index (χ2n) is 6.32. The highest BCUT2D eigenvalue weighted by molar-refractivity contribution is 7.82. The van der Waals surface area contributed by atoms with E-state index in [-0.39, 0.29) is 11.7 Å². The summed E-state index contributed by atoms with van der Waals surface area (Å²) < 4.78 is 19.2. The van der Waals surface area contributed by atoms with Gasteiger partial charge < -0.3 is 9.64 Å². The van der Waals surface area contributed by atoms with E-state index < -0.39 is 11.0 Å². The first-order valence-electron chi connectivity index (χ1n) is 8.41. The first-order chi connectivity index (χ1) is 13.4. The lowest BCUT2D eigenvalue weighted by atomic mass is 10.0. The van der Waals surface area contributed by atoms with Crippen molar-refractivity contribution in [1.82, 2.24) is 18.8 Å². The maximum atomic E-state index is 12.9. The molecule has 0 aliphatic carbocycles. The highest BCUT2D eigenvalue weighted by Gasteiger charge is 2.30. The van der Waals surface area contributed by atoms with Crippen LogP contribution in [0.4, 0.5) is 0 Å². The van der Waals surface area contributed by atoms with Crippen LogP contribution in [0.5, 0.6) is 5.75 Å². The molecule has 4 rings (SSSR count). The molecular weight excluding hydrogens is 423 g/mol. The molecule has 146 valence electrons. The van der Waals surface area contributed by atoms with E-state index >= 15 is 0 Å². The van der Waals surface area contributed by atoms with E-state index in [1.165, 1.54) is 19.5 Å². The lowest BCUT2D eigenvalue weighted by Crippen LogP contribution is -2.37. The maximum Gasteiger partial charge on any atom is 0.291 e. The molecule has 7 nitrogen and oxygen atoms in total. The molecule has 1 unspecified atom stereocenters. The second kappa shape index (κ2) is 7.35. The topological polar surface area (TPSA) is 77.3 Å². The van der Waals surface area contributed by atoms with Crippen molar-refractivity contribution in [1.29, 1.82) is 0 Å². The van der Waals surface area contributed by atoms with Crippen LogP contribution in [0.3, 0.4) is 0 Å². The summed E-state index contributed by atoms with van der Waals surface area (Å²) in [7, 11) is 0.201. The number of aromatic nitrogens is 3. The van der Waals surface area contributed by atoms with Gasteiger partial charge in [-0.3, -0.25) is 8.77 Å². The fourth-order valence-corrected chi connectivity index (χ4v) is 4.88. The summed E-state index contributed by atoms with van der Waals surface area (Å²) in [6, 6.07) is 3.56. The molecule has 1 aromatic carbocycles. The minimum atomic E-state index is -1.31. The Morgan fingerprint density at radius 2 is 1.96 bits per heavy atom. The van der Waals surface area contributed by atoms with Crippen LogP contribution in [0.15, 0.2) is 24.5 Å². The first kappa shape index (κ1) is 19.2. The van der Waals surface area contributed by atoms with E-state index in [9.17, 15) is 9.00 Å². The molecule has 1 aliphatic heterocycles. The number of carbonyl (C=O) groups is 1. The van der Waals surface area contributed by atoms with E-state index in [1.807, 2.05) is 6.07 Å². The lowest BCUT2D eigenvalue weighted by Gasteiger charge is -2.27. The highest BCUT2D eigenvalue weighted by Crippen LogP contribution is 2.38. The average Bonchev–Trinajstić information content (AvgIpc) is 3.04. The van der Waals surface area contributed by atoms with Crippen molar-refractivity contribution < 1.29 is 13.7 Å².